The molecule has 0 radical (unpaired) electrons. The van der Waals surface area contributed by atoms with E-state index in [0.29, 0.717) is 23.8 Å². The van der Waals surface area contributed by atoms with Crippen LogP contribution >= 0.6 is 11.8 Å². The largest absolute Gasteiger partial charge is 0.493 e. The zero-order chi connectivity index (χ0) is 19.2. The van der Waals surface area contributed by atoms with Crippen LogP contribution in [0.3, 0.4) is 0 Å². The topological polar surface area (TPSA) is 85.5 Å². The van der Waals surface area contributed by atoms with E-state index in [1.807, 2.05) is 36.4 Å². The van der Waals surface area contributed by atoms with Crippen molar-refractivity contribution in [2.45, 2.75) is 11.7 Å². The molecule has 0 spiro atoms. The predicted molar refractivity (Wildman–Crippen MR) is 105 cm³/mol. The number of imidazole rings is 1. The van der Waals surface area contributed by atoms with E-state index in [0.717, 1.165) is 21.8 Å². The van der Waals surface area contributed by atoms with Crippen molar-refractivity contribution in [2.24, 2.45) is 0 Å². The molecule has 1 aromatic heterocycles. The number of aromatic amines is 1. The van der Waals surface area contributed by atoms with Crippen molar-refractivity contribution in [1.82, 2.24) is 15.3 Å². The third-order valence-electron chi connectivity index (χ3n) is 3.92. The number of para-hydroxylation sites is 2. The second-order valence-electron chi connectivity index (χ2n) is 5.66. The van der Waals surface area contributed by atoms with Crippen molar-refractivity contribution < 1.29 is 19.0 Å². The van der Waals surface area contributed by atoms with Crippen molar-refractivity contribution in [3.8, 4) is 17.2 Å². The standard InChI is InChI=1S/C19H21N3O4S/c1-24-15-8-12(9-16(25-2)18(15)26-3)10-20-17(23)11-27-19-21-13-6-4-5-7-14(13)22-19/h4-9H,10-11H2,1-3H3,(H,20,23)(H,21,22). The number of thioether (sulfide) groups is 1. The van der Waals surface area contributed by atoms with Gasteiger partial charge < -0.3 is 24.5 Å². The molecule has 2 aromatic carbocycles. The van der Waals surface area contributed by atoms with Crippen LogP contribution < -0.4 is 19.5 Å². The van der Waals surface area contributed by atoms with Crippen LogP contribution in [0.4, 0.5) is 0 Å². The number of benzene rings is 2. The molecule has 3 aromatic rings. The average molecular weight is 387 g/mol. The van der Waals surface area contributed by atoms with E-state index in [4.69, 9.17) is 14.2 Å². The molecule has 142 valence electrons. The smallest absolute Gasteiger partial charge is 0.230 e. The lowest BCUT2D eigenvalue weighted by Gasteiger charge is -2.14. The summed E-state index contributed by atoms with van der Waals surface area (Å²) >= 11 is 1.36. The lowest BCUT2D eigenvalue weighted by molar-refractivity contribution is -0.118. The molecule has 0 unspecified atom stereocenters. The highest BCUT2D eigenvalue weighted by Crippen LogP contribution is 2.38. The Morgan fingerprint density at radius 2 is 1.81 bits per heavy atom. The Morgan fingerprint density at radius 1 is 1.11 bits per heavy atom. The molecule has 0 saturated carbocycles. The van der Waals surface area contributed by atoms with Gasteiger partial charge in [0.05, 0.1) is 38.1 Å². The van der Waals surface area contributed by atoms with E-state index < -0.39 is 0 Å². The molecular formula is C19H21N3O4S. The first kappa shape index (κ1) is 18.9. The lowest BCUT2D eigenvalue weighted by Crippen LogP contribution is -2.24. The Labute approximate surface area is 161 Å². The van der Waals surface area contributed by atoms with Gasteiger partial charge in [-0.1, -0.05) is 23.9 Å². The zero-order valence-electron chi connectivity index (χ0n) is 15.4. The van der Waals surface area contributed by atoms with Gasteiger partial charge in [-0.3, -0.25) is 4.79 Å². The van der Waals surface area contributed by atoms with E-state index in [1.54, 1.807) is 21.3 Å². The minimum Gasteiger partial charge on any atom is -0.493 e. The molecule has 3 rings (SSSR count). The van der Waals surface area contributed by atoms with Crippen LogP contribution in [0.25, 0.3) is 11.0 Å². The number of nitrogens with zero attached hydrogens (tertiary/aromatic N) is 1. The van der Waals surface area contributed by atoms with Gasteiger partial charge in [0.25, 0.3) is 0 Å². The zero-order valence-corrected chi connectivity index (χ0v) is 16.2. The highest BCUT2D eigenvalue weighted by atomic mass is 32.2. The van der Waals surface area contributed by atoms with Crippen LogP contribution in [0.5, 0.6) is 17.2 Å². The quantitative estimate of drug-likeness (QED) is 0.578. The maximum absolute atomic E-state index is 12.2. The average Bonchev–Trinajstić information content (AvgIpc) is 3.12. The number of amides is 1. The number of H-pyrrole nitrogens is 1. The summed E-state index contributed by atoms with van der Waals surface area (Å²) in [6.45, 7) is 0.357. The lowest BCUT2D eigenvalue weighted by atomic mass is 10.2. The molecule has 8 heteroatoms. The third-order valence-corrected chi connectivity index (χ3v) is 4.80. The van der Waals surface area contributed by atoms with Crippen molar-refractivity contribution >= 4 is 28.7 Å². The number of hydrogen-bond donors (Lipinski definition) is 2. The molecule has 27 heavy (non-hydrogen) atoms. The van der Waals surface area contributed by atoms with Crippen molar-refractivity contribution in [1.29, 1.82) is 0 Å². The fraction of sp³-hybridized carbons (Fsp3) is 0.263. The summed E-state index contributed by atoms with van der Waals surface area (Å²) in [6.07, 6.45) is 0. The monoisotopic (exact) mass is 387 g/mol. The summed E-state index contributed by atoms with van der Waals surface area (Å²) in [5, 5.41) is 3.61. The van der Waals surface area contributed by atoms with Crippen LogP contribution in [-0.2, 0) is 11.3 Å². The van der Waals surface area contributed by atoms with Gasteiger partial charge in [-0.25, -0.2) is 4.98 Å². The second kappa shape index (κ2) is 8.68. The Kier molecular flexibility index (Phi) is 6.08. The molecule has 0 fully saturated rings. The van der Waals surface area contributed by atoms with E-state index in [2.05, 4.69) is 15.3 Å². The van der Waals surface area contributed by atoms with Gasteiger partial charge in [0.15, 0.2) is 16.7 Å². The highest BCUT2D eigenvalue weighted by molar-refractivity contribution is 7.99. The molecule has 1 heterocycles. The molecule has 2 N–H and O–H groups in total. The summed E-state index contributed by atoms with van der Waals surface area (Å²) in [6, 6.07) is 11.4. The Morgan fingerprint density at radius 3 is 2.44 bits per heavy atom. The first-order chi connectivity index (χ1) is 13.1. The summed E-state index contributed by atoms with van der Waals surface area (Å²) in [7, 11) is 4.67. The van der Waals surface area contributed by atoms with E-state index >= 15 is 0 Å². The fourth-order valence-corrected chi connectivity index (χ4v) is 3.34. The van der Waals surface area contributed by atoms with E-state index in [9.17, 15) is 4.79 Å². The van der Waals surface area contributed by atoms with Crippen LogP contribution in [0, 0.1) is 0 Å². The Bertz CT molecular complexity index is 884. The SMILES string of the molecule is COc1cc(CNC(=O)CSc2nc3ccccc3[nH]2)cc(OC)c1OC. The Balaban J connectivity index is 1.58. The van der Waals surface area contributed by atoms with Crippen LogP contribution in [0.2, 0.25) is 0 Å². The minimum atomic E-state index is -0.0887. The first-order valence-electron chi connectivity index (χ1n) is 8.27. The third kappa shape index (κ3) is 4.46. The maximum Gasteiger partial charge on any atom is 0.230 e. The first-order valence-corrected chi connectivity index (χ1v) is 9.26. The summed E-state index contributed by atoms with van der Waals surface area (Å²) < 4.78 is 16.0. The number of rotatable bonds is 8. The molecule has 0 bridgehead atoms. The summed E-state index contributed by atoms with van der Waals surface area (Å²) in [5.41, 5.74) is 2.70. The number of carbonyl (C=O) groups excluding carboxylic acids is 1. The van der Waals surface area contributed by atoms with Crippen molar-refractivity contribution in [3.05, 3.63) is 42.0 Å². The number of nitrogens with one attached hydrogen (secondary N) is 2. The molecule has 0 aliphatic heterocycles. The molecule has 7 nitrogen and oxygen atoms in total. The van der Waals surface area contributed by atoms with Gasteiger partial charge in [0, 0.05) is 6.54 Å². The van der Waals surface area contributed by atoms with Gasteiger partial charge in [0.2, 0.25) is 11.7 Å². The van der Waals surface area contributed by atoms with Crippen molar-refractivity contribution in [3.63, 3.8) is 0 Å². The van der Waals surface area contributed by atoms with Crippen molar-refractivity contribution in [2.75, 3.05) is 27.1 Å². The van der Waals surface area contributed by atoms with Crippen LogP contribution in [0.15, 0.2) is 41.6 Å². The Hall–Kier alpha value is -2.87. The van der Waals surface area contributed by atoms with Gasteiger partial charge in [0.1, 0.15) is 0 Å². The number of aromatic nitrogens is 2. The molecule has 0 aliphatic carbocycles. The number of carbonyl (C=O) groups is 1. The van der Waals surface area contributed by atoms with Gasteiger partial charge >= 0.3 is 0 Å². The van der Waals surface area contributed by atoms with Crippen LogP contribution in [-0.4, -0.2) is 43.0 Å². The number of fused-ring (bicyclic) bond motifs is 1. The number of ether oxygens (including phenoxy) is 3. The second-order valence-corrected chi connectivity index (χ2v) is 6.62. The predicted octanol–water partition coefficient (Wildman–Crippen LogP) is 3.00. The molecule has 0 atom stereocenters. The normalized spacial score (nSPS) is 10.6. The minimum absolute atomic E-state index is 0.0887. The maximum atomic E-state index is 12.2. The summed E-state index contributed by atoms with van der Waals surface area (Å²) in [5.74, 6) is 1.81. The van der Waals surface area contributed by atoms with Crippen LogP contribution in [0.1, 0.15) is 5.56 Å². The number of methoxy groups -OCH3 is 3. The molecule has 0 saturated heterocycles. The van der Waals surface area contributed by atoms with Gasteiger partial charge in [-0.2, -0.15) is 0 Å². The molecule has 1 amide bonds. The number of hydrogen-bond acceptors (Lipinski definition) is 6. The van der Waals surface area contributed by atoms with Gasteiger partial charge in [-0.15, -0.1) is 0 Å². The molecular weight excluding hydrogens is 366 g/mol. The van der Waals surface area contributed by atoms with E-state index in [1.165, 1.54) is 11.8 Å². The van der Waals surface area contributed by atoms with E-state index in [-0.39, 0.29) is 11.7 Å². The fourth-order valence-electron chi connectivity index (χ4n) is 2.62. The summed E-state index contributed by atoms with van der Waals surface area (Å²) in [4.78, 5) is 19.8. The highest BCUT2D eigenvalue weighted by Gasteiger charge is 2.14. The van der Waals surface area contributed by atoms with Gasteiger partial charge in [-0.05, 0) is 29.8 Å². The molecule has 0 aliphatic rings.